The van der Waals surface area contributed by atoms with Crippen LogP contribution in [0.5, 0.6) is 0 Å². The molecule has 1 saturated heterocycles. The van der Waals surface area contributed by atoms with E-state index in [4.69, 9.17) is 4.74 Å². The van der Waals surface area contributed by atoms with E-state index in [0.717, 1.165) is 5.75 Å². The molecule has 0 aromatic carbocycles. The number of hydrogen-bond acceptors (Lipinski definition) is 7. The average molecular weight is 454 g/mol. The molecule has 12 heteroatoms. The molecule has 0 saturated carbocycles. The molecule has 0 unspecified atom stereocenters. The average Bonchev–Trinajstić information content (AvgIpc) is 2.77. The molecule has 0 spiro atoms. The minimum Gasteiger partial charge on any atom is -0.450 e. The normalized spacial score (nSPS) is 15.9. The van der Waals surface area contributed by atoms with E-state index < -0.39 is 5.69 Å². The molecule has 170 valence electrons. The van der Waals surface area contributed by atoms with Crippen LogP contribution in [0, 0.1) is 0 Å². The summed E-state index contributed by atoms with van der Waals surface area (Å²) < 4.78 is 6.40. The van der Waals surface area contributed by atoms with Crippen LogP contribution < -0.4 is 16.6 Å². The highest BCUT2D eigenvalue weighted by molar-refractivity contribution is 7.98. The fourth-order valence-electron chi connectivity index (χ4n) is 3.61. The Morgan fingerprint density at radius 3 is 2.55 bits per heavy atom. The number of rotatable bonds is 6. The van der Waals surface area contributed by atoms with Crippen molar-refractivity contribution in [2.24, 2.45) is 0 Å². The highest BCUT2D eigenvalue weighted by Crippen LogP contribution is 2.20. The number of amides is 3. The fraction of sp³-hybridized carbons (Fsp3) is 0.632. The van der Waals surface area contributed by atoms with Crippen LogP contribution in [0.25, 0.3) is 0 Å². The van der Waals surface area contributed by atoms with Crippen molar-refractivity contribution in [1.82, 2.24) is 24.7 Å². The molecule has 31 heavy (non-hydrogen) atoms. The predicted octanol–water partition coefficient (Wildman–Crippen LogP) is -0.867. The Balaban J connectivity index is 1.46. The van der Waals surface area contributed by atoms with Gasteiger partial charge < -0.3 is 19.9 Å². The van der Waals surface area contributed by atoms with Crippen LogP contribution >= 0.6 is 11.8 Å². The number of ether oxygens (including phenoxy) is 1. The smallest absolute Gasteiger partial charge is 0.409 e. The van der Waals surface area contributed by atoms with E-state index in [1.54, 1.807) is 28.5 Å². The molecule has 2 aliphatic heterocycles. The fourth-order valence-corrected chi connectivity index (χ4v) is 4.60. The van der Waals surface area contributed by atoms with Crippen molar-refractivity contribution < 1.29 is 19.1 Å². The Kier molecular flexibility index (Phi) is 7.77. The Labute approximate surface area is 183 Å². The first-order chi connectivity index (χ1) is 14.9. The van der Waals surface area contributed by atoms with Crippen LogP contribution in [0.3, 0.4) is 0 Å². The van der Waals surface area contributed by atoms with Gasteiger partial charge in [0.05, 0.1) is 13.2 Å². The number of piperazine rings is 1. The summed E-state index contributed by atoms with van der Waals surface area (Å²) in [5, 5.41) is 2.59. The summed E-state index contributed by atoms with van der Waals surface area (Å²) in [4.78, 5) is 65.9. The number of nitrogens with zero attached hydrogens (tertiary/aromatic N) is 3. The Bertz CT molecular complexity index is 950. The van der Waals surface area contributed by atoms with E-state index in [-0.39, 0.29) is 43.0 Å². The second-order valence-electron chi connectivity index (χ2n) is 7.23. The number of hydrogen-bond donors (Lipinski definition) is 2. The SMILES string of the molecule is CCOC(=O)N1CCN(C(=O)CNC(=O)CCn2c3c(c(=O)[nH]c2=O)CSCC3)CC1. The van der Waals surface area contributed by atoms with Gasteiger partial charge in [0.15, 0.2) is 0 Å². The van der Waals surface area contributed by atoms with E-state index in [1.807, 2.05) is 0 Å². The lowest BCUT2D eigenvalue weighted by atomic mass is 10.2. The highest BCUT2D eigenvalue weighted by Gasteiger charge is 2.25. The molecular formula is C19H27N5O6S. The summed E-state index contributed by atoms with van der Waals surface area (Å²) in [6, 6.07) is 0. The molecule has 11 nitrogen and oxygen atoms in total. The first kappa shape index (κ1) is 22.9. The molecule has 2 aliphatic rings. The number of H-pyrrole nitrogens is 1. The summed E-state index contributed by atoms with van der Waals surface area (Å²) in [5.41, 5.74) is 0.407. The molecule has 3 amide bonds. The number of thioether (sulfide) groups is 1. The quantitative estimate of drug-likeness (QED) is 0.572. The summed E-state index contributed by atoms with van der Waals surface area (Å²) >= 11 is 1.63. The van der Waals surface area contributed by atoms with Gasteiger partial charge in [-0.15, -0.1) is 0 Å². The lowest BCUT2D eigenvalue weighted by Gasteiger charge is -2.34. The second-order valence-corrected chi connectivity index (χ2v) is 8.34. The maximum absolute atomic E-state index is 12.3. The maximum Gasteiger partial charge on any atom is 0.409 e. The molecule has 0 bridgehead atoms. The van der Waals surface area contributed by atoms with Crippen molar-refractivity contribution in [3.05, 3.63) is 32.1 Å². The van der Waals surface area contributed by atoms with Crippen LogP contribution in [0.2, 0.25) is 0 Å². The molecule has 1 aromatic rings. The van der Waals surface area contributed by atoms with Gasteiger partial charge in [0, 0.05) is 56.2 Å². The number of fused-ring (bicyclic) bond motifs is 1. The van der Waals surface area contributed by atoms with Crippen molar-refractivity contribution >= 4 is 29.7 Å². The first-order valence-corrected chi connectivity index (χ1v) is 11.4. The Hall–Kier alpha value is -2.76. The zero-order valence-corrected chi connectivity index (χ0v) is 18.3. The predicted molar refractivity (Wildman–Crippen MR) is 114 cm³/mol. The van der Waals surface area contributed by atoms with E-state index in [9.17, 15) is 24.0 Å². The van der Waals surface area contributed by atoms with E-state index in [1.165, 1.54) is 4.57 Å². The number of carbonyl (C=O) groups excluding carboxylic acids is 3. The molecule has 0 aliphatic carbocycles. The van der Waals surface area contributed by atoms with Crippen molar-refractivity contribution in [2.75, 3.05) is 45.1 Å². The lowest BCUT2D eigenvalue weighted by molar-refractivity contribution is -0.134. The molecular weight excluding hydrogens is 426 g/mol. The van der Waals surface area contributed by atoms with Crippen LogP contribution in [0.15, 0.2) is 9.59 Å². The van der Waals surface area contributed by atoms with Crippen LogP contribution in [-0.4, -0.2) is 82.3 Å². The zero-order chi connectivity index (χ0) is 22.4. The Morgan fingerprint density at radius 2 is 1.84 bits per heavy atom. The molecule has 2 N–H and O–H groups in total. The van der Waals surface area contributed by atoms with E-state index >= 15 is 0 Å². The molecule has 0 atom stereocenters. The number of aromatic nitrogens is 2. The number of aromatic amines is 1. The summed E-state index contributed by atoms with van der Waals surface area (Å²) in [7, 11) is 0. The third-order valence-electron chi connectivity index (χ3n) is 5.30. The maximum atomic E-state index is 12.3. The minimum absolute atomic E-state index is 0.0233. The largest absolute Gasteiger partial charge is 0.450 e. The Morgan fingerprint density at radius 1 is 1.13 bits per heavy atom. The number of carbonyl (C=O) groups is 3. The summed E-state index contributed by atoms with van der Waals surface area (Å²) in [5.74, 6) is 0.790. The minimum atomic E-state index is -0.515. The van der Waals surface area contributed by atoms with Crippen LogP contribution in [0.4, 0.5) is 4.79 Å². The first-order valence-electron chi connectivity index (χ1n) is 10.3. The number of nitrogens with one attached hydrogen (secondary N) is 2. The van der Waals surface area contributed by atoms with Gasteiger partial charge in [-0.05, 0) is 19.1 Å². The molecule has 0 radical (unpaired) electrons. The van der Waals surface area contributed by atoms with Gasteiger partial charge in [0.2, 0.25) is 11.8 Å². The molecule has 1 fully saturated rings. The monoisotopic (exact) mass is 453 g/mol. The van der Waals surface area contributed by atoms with Crippen molar-refractivity contribution in [3.63, 3.8) is 0 Å². The zero-order valence-electron chi connectivity index (χ0n) is 17.5. The van der Waals surface area contributed by atoms with Gasteiger partial charge in [-0.3, -0.25) is 23.9 Å². The molecule has 1 aromatic heterocycles. The van der Waals surface area contributed by atoms with E-state index in [0.29, 0.717) is 56.2 Å². The van der Waals surface area contributed by atoms with Gasteiger partial charge in [0.25, 0.3) is 5.56 Å². The van der Waals surface area contributed by atoms with Crippen LogP contribution in [0.1, 0.15) is 24.6 Å². The van der Waals surface area contributed by atoms with Crippen molar-refractivity contribution in [1.29, 1.82) is 0 Å². The van der Waals surface area contributed by atoms with Crippen molar-refractivity contribution in [2.45, 2.75) is 32.1 Å². The van der Waals surface area contributed by atoms with Gasteiger partial charge in [-0.25, -0.2) is 9.59 Å². The van der Waals surface area contributed by atoms with Gasteiger partial charge >= 0.3 is 11.8 Å². The second kappa shape index (κ2) is 10.5. The standard InChI is InChI=1S/C19H27N5O6S/c1-2-30-19(29)23-8-6-22(7-9-23)16(26)11-20-15(25)3-5-24-14-4-10-31-12-13(14)17(27)21-18(24)28/h2-12H2,1H3,(H,20,25)(H,21,27,28). The lowest BCUT2D eigenvalue weighted by Crippen LogP contribution is -2.52. The summed E-state index contributed by atoms with van der Waals surface area (Å²) in [6.45, 7) is 3.57. The van der Waals surface area contributed by atoms with Crippen molar-refractivity contribution in [3.8, 4) is 0 Å². The molecule has 3 rings (SSSR count). The van der Waals surface area contributed by atoms with Gasteiger partial charge in [0.1, 0.15) is 0 Å². The van der Waals surface area contributed by atoms with Gasteiger partial charge in [-0.1, -0.05) is 0 Å². The topological polar surface area (TPSA) is 134 Å². The third-order valence-corrected chi connectivity index (χ3v) is 6.29. The van der Waals surface area contributed by atoms with E-state index in [2.05, 4.69) is 10.3 Å². The van der Waals surface area contributed by atoms with Crippen LogP contribution in [-0.2, 0) is 33.0 Å². The molecule has 3 heterocycles. The highest BCUT2D eigenvalue weighted by atomic mass is 32.2. The van der Waals surface area contributed by atoms with Gasteiger partial charge in [-0.2, -0.15) is 11.8 Å². The third kappa shape index (κ3) is 5.69. The summed E-state index contributed by atoms with van der Waals surface area (Å²) in [6.07, 6.45) is 0.244.